The lowest BCUT2D eigenvalue weighted by Gasteiger charge is -2.38. The van der Waals surface area contributed by atoms with Crippen LogP contribution in [0.2, 0.25) is 0 Å². The summed E-state index contributed by atoms with van der Waals surface area (Å²) in [6.45, 7) is 11.9. The molecular weight excluding hydrogens is 262 g/mol. The molecule has 2 rings (SSSR count). The van der Waals surface area contributed by atoms with Gasteiger partial charge in [-0.05, 0) is 55.4 Å². The van der Waals surface area contributed by atoms with Gasteiger partial charge in [-0.3, -0.25) is 4.79 Å². The van der Waals surface area contributed by atoms with Crippen LogP contribution in [0, 0.1) is 28.6 Å². The third-order valence-electron chi connectivity index (χ3n) is 6.58. The predicted octanol–water partition coefficient (Wildman–Crippen LogP) is 3.76. The van der Waals surface area contributed by atoms with Crippen molar-refractivity contribution in [2.24, 2.45) is 34.3 Å². The van der Waals surface area contributed by atoms with Gasteiger partial charge in [0.1, 0.15) is 6.10 Å². The zero-order chi connectivity index (χ0) is 15.8. The SMILES string of the molecule is CC(C)C[C@H](CN)CC(=O)OC1CC2CCC1(C)C2(C)C. The van der Waals surface area contributed by atoms with Gasteiger partial charge in [0.15, 0.2) is 0 Å². The molecule has 0 aromatic rings. The summed E-state index contributed by atoms with van der Waals surface area (Å²) >= 11 is 0. The Balaban J connectivity index is 1.92. The summed E-state index contributed by atoms with van der Waals surface area (Å²) in [5.74, 6) is 1.50. The first-order valence-corrected chi connectivity index (χ1v) is 8.60. The molecule has 0 aliphatic heterocycles. The first-order chi connectivity index (χ1) is 9.70. The van der Waals surface area contributed by atoms with Gasteiger partial charge >= 0.3 is 5.97 Å². The number of carbonyl (C=O) groups excluding carboxylic acids is 1. The lowest BCUT2D eigenvalue weighted by Crippen LogP contribution is -2.38. The number of carbonyl (C=O) groups is 1. The van der Waals surface area contributed by atoms with Crippen LogP contribution in [0.15, 0.2) is 0 Å². The number of hydrogen-bond donors (Lipinski definition) is 1. The van der Waals surface area contributed by atoms with Crippen molar-refractivity contribution in [2.45, 2.75) is 72.8 Å². The molecule has 0 saturated heterocycles. The van der Waals surface area contributed by atoms with E-state index in [-0.39, 0.29) is 23.4 Å². The molecular formula is C18H33NO2. The van der Waals surface area contributed by atoms with Crippen LogP contribution in [0.5, 0.6) is 0 Å². The number of esters is 1. The van der Waals surface area contributed by atoms with E-state index >= 15 is 0 Å². The molecule has 21 heavy (non-hydrogen) atoms. The van der Waals surface area contributed by atoms with E-state index in [0.29, 0.717) is 30.2 Å². The van der Waals surface area contributed by atoms with Crippen LogP contribution in [0.1, 0.15) is 66.7 Å². The Hall–Kier alpha value is -0.570. The van der Waals surface area contributed by atoms with E-state index in [1.807, 2.05) is 0 Å². The van der Waals surface area contributed by atoms with Crippen molar-refractivity contribution in [3.05, 3.63) is 0 Å². The number of nitrogens with two attached hydrogens (primary N) is 1. The van der Waals surface area contributed by atoms with E-state index in [9.17, 15) is 4.79 Å². The van der Waals surface area contributed by atoms with Crippen LogP contribution >= 0.6 is 0 Å². The minimum Gasteiger partial charge on any atom is -0.462 e. The largest absolute Gasteiger partial charge is 0.462 e. The van der Waals surface area contributed by atoms with E-state index < -0.39 is 0 Å². The van der Waals surface area contributed by atoms with E-state index in [1.165, 1.54) is 12.8 Å². The van der Waals surface area contributed by atoms with Gasteiger partial charge in [0.05, 0.1) is 0 Å². The monoisotopic (exact) mass is 295 g/mol. The summed E-state index contributed by atoms with van der Waals surface area (Å²) in [6, 6.07) is 0. The summed E-state index contributed by atoms with van der Waals surface area (Å²) < 4.78 is 5.90. The van der Waals surface area contributed by atoms with Gasteiger partial charge in [-0.25, -0.2) is 0 Å². The summed E-state index contributed by atoms with van der Waals surface area (Å²) in [6.07, 6.45) is 5.11. The predicted molar refractivity (Wildman–Crippen MR) is 85.7 cm³/mol. The second-order valence-corrected chi connectivity index (χ2v) is 8.52. The number of ether oxygens (including phenoxy) is 1. The summed E-state index contributed by atoms with van der Waals surface area (Å²) in [5, 5.41) is 0. The second-order valence-electron chi connectivity index (χ2n) is 8.52. The third-order valence-corrected chi connectivity index (χ3v) is 6.58. The van der Waals surface area contributed by atoms with Crippen LogP contribution in [0.3, 0.4) is 0 Å². The van der Waals surface area contributed by atoms with E-state index in [2.05, 4.69) is 34.6 Å². The Morgan fingerprint density at radius 3 is 2.43 bits per heavy atom. The minimum absolute atomic E-state index is 0.0410. The molecule has 2 bridgehead atoms. The first-order valence-electron chi connectivity index (χ1n) is 8.60. The van der Waals surface area contributed by atoms with Crippen LogP contribution in [0.25, 0.3) is 0 Å². The molecule has 122 valence electrons. The molecule has 3 heteroatoms. The van der Waals surface area contributed by atoms with Crippen molar-refractivity contribution in [3.63, 3.8) is 0 Å². The molecule has 0 heterocycles. The van der Waals surface area contributed by atoms with Crippen LogP contribution in [0.4, 0.5) is 0 Å². The highest BCUT2D eigenvalue weighted by molar-refractivity contribution is 5.70. The fourth-order valence-corrected chi connectivity index (χ4v) is 4.68. The van der Waals surface area contributed by atoms with Gasteiger partial charge in [-0.15, -0.1) is 0 Å². The standard InChI is InChI=1S/C18H33NO2/c1-12(2)8-13(11-19)9-16(20)21-15-10-14-6-7-18(15,5)17(14,3)4/h12-15H,6-11,19H2,1-5H3/t13-,14?,15?,18?/m0/s1. The number of hydrogen-bond acceptors (Lipinski definition) is 3. The highest BCUT2D eigenvalue weighted by atomic mass is 16.5. The number of rotatable bonds is 6. The summed E-state index contributed by atoms with van der Waals surface area (Å²) in [7, 11) is 0. The Bertz CT molecular complexity index is 391. The Morgan fingerprint density at radius 2 is 2.00 bits per heavy atom. The van der Waals surface area contributed by atoms with E-state index in [1.54, 1.807) is 0 Å². The lowest BCUT2D eigenvalue weighted by atomic mass is 9.70. The molecule has 0 amide bonds. The maximum absolute atomic E-state index is 12.3. The van der Waals surface area contributed by atoms with Gasteiger partial charge in [-0.2, -0.15) is 0 Å². The highest BCUT2D eigenvalue weighted by Crippen LogP contribution is 2.66. The summed E-state index contributed by atoms with van der Waals surface area (Å²) in [4.78, 5) is 12.3. The maximum atomic E-state index is 12.3. The van der Waals surface area contributed by atoms with Gasteiger partial charge in [0.25, 0.3) is 0 Å². The maximum Gasteiger partial charge on any atom is 0.306 e. The van der Waals surface area contributed by atoms with Gasteiger partial charge < -0.3 is 10.5 Å². The van der Waals surface area contributed by atoms with Crippen molar-refractivity contribution < 1.29 is 9.53 Å². The molecule has 2 N–H and O–H groups in total. The molecule has 2 aliphatic rings. The van der Waals surface area contributed by atoms with Crippen LogP contribution in [-0.4, -0.2) is 18.6 Å². The molecule has 2 fully saturated rings. The first kappa shape index (κ1) is 16.8. The topological polar surface area (TPSA) is 52.3 Å². The molecule has 0 spiro atoms. The van der Waals surface area contributed by atoms with E-state index in [4.69, 9.17) is 10.5 Å². The van der Waals surface area contributed by atoms with Crippen molar-refractivity contribution in [1.82, 2.24) is 0 Å². The molecule has 4 atom stereocenters. The highest BCUT2D eigenvalue weighted by Gasteiger charge is 2.62. The lowest BCUT2D eigenvalue weighted by molar-refractivity contribution is -0.158. The van der Waals surface area contributed by atoms with Crippen molar-refractivity contribution in [3.8, 4) is 0 Å². The normalized spacial score (nSPS) is 35.2. The minimum atomic E-state index is -0.0410. The van der Waals surface area contributed by atoms with Crippen molar-refractivity contribution in [2.75, 3.05) is 6.54 Å². The second kappa shape index (κ2) is 5.91. The molecule has 3 nitrogen and oxygen atoms in total. The smallest absolute Gasteiger partial charge is 0.306 e. The fraction of sp³-hybridized carbons (Fsp3) is 0.944. The molecule has 3 unspecified atom stereocenters. The van der Waals surface area contributed by atoms with Crippen LogP contribution < -0.4 is 5.73 Å². The van der Waals surface area contributed by atoms with Crippen molar-refractivity contribution >= 4 is 5.97 Å². The van der Waals surface area contributed by atoms with Gasteiger partial charge in [-0.1, -0.05) is 34.6 Å². The number of fused-ring (bicyclic) bond motifs is 2. The average Bonchev–Trinajstić information content (AvgIpc) is 2.70. The molecule has 0 aromatic carbocycles. The Morgan fingerprint density at radius 1 is 1.33 bits per heavy atom. The third kappa shape index (κ3) is 2.99. The van der Waals surface area contributed by atoms with Crippen molar-refractivity contribution in [1.29, 1.82) is 0 Å². The van der Waals surface area contributed by atoms with Gasteiger partial charge in [0, 0.05) is 11.8 Å². The van der Waals surface area contributed by atoms with Crippen LogP contribution in [-0.2, 0) is 9.53 Å². The quantitative estimate of drug-likeness (QED) is 0.759. The molecule has 0 aromatic heterocycles. The molecule has 2 saturated carbocycles. The van der Waals surface area contributed by atoms with E-state index in [0.717, 1.165) is 12.8 Å². The summed E-state index contributed by atoms with van der Waals surface area (Å²) in [5.41, 5.74) is 6.25. The van der Waals surface area contributed by atoms with Gasteiger partial charge in [0.2, 0.25) is 0 Å². The Labute approximate surface area is 130 Å². The molecule has 0 radical (unpaired) electrons. The average molecular weight is 295 g/mol. The zero-order valence-electron chi connectivity index (χ0n) is 14.4. The zero-order valence-corrected chi connectivity index (χ0v) is 14.4. The Kier molecular flexibility index (Phi) is 4.72. The molecule has 2 aliphatic carbocycles. The fourth-order valence-electron chi connectivity index (χ4n) is 4.68.